The topological polar surface area (TPSA) is 74.3 Å². The fraction of sp³-hybridized carbons (Fsp3) is 0.750. The maximum atomic E-state index is 10.7. The Morgan fingerprint density at radius 2 is 1.24 bits per heavy atom. The van der Waals surface area contributed by atoms with Crippen molar-refractivity contribution >= 4 is 17.5 Å². The molecule has 0 aromatic heterocycles. The van der Waals surface area contributed by atoms with Crippen LogP contribution in [-0.2, 0) is 14.4 Å². The van der Waals surface area contributed by atoms with Gasteiger partial charge in [0.2, 0.25) is 0 Å². The molecule has 92 valence electrons. The number of carboxylic acids is 1. The van der Waals surface area contributed by atoms with Crippen molar-refractivity contribution in [2.45, 2.75) is 58.3 Å². The molecule has 0 saturated carbocycles. The second kappa shape index (κ2) is 12.3. The Labute approximate surface area is 124 Å². The number of unbranched alkanes of at least 4 members (excludes halogenated alkanes) is 5. The number of carboxylic acid groups (broad SMARTS) is 1. The van der Waals surface area contributed by atoms with Gasteiger partial charge in [-0.1, -0.05) is 25.7 Å². The molecular formula is C12H19NaO4. The van der Waals surface area contributed by atoms with Gasteiger partial charge in [-0.3, -0.25) is 4.79 Å². The third kappa shape index (κ3) is 13.7. The summed E-state index contributed by atoms with van der Waals surface area (Å²) in [6, 6.07) is 0. The first-order valence-corrected chi connectivity index (χ1v) is 5.77. The summed E-state index contributed by atoms with van der Waals surface area (Å²) in [4.78, 5) is 31.3. The zero-order valence-corrected chi connectivity index (χ0v) is 12.8. The number of rotatable bonds is 10. The summed E-state index contributed by atoms with van der Waals surface area (Å²) in [5, 5.41) is 10.1. The second-order valence-corrected chi connectivity index (χ2v) is 4.03. The Bertz CT molecular complexity index is 251. The molecule has 0 unspecified atom stereocenters. The van der Waals surface area contributed by atoms with Crippen LogP contribution in [0.3, 0.4) is 0 Å². The molecule has 0 amide bonds. The number of Topliss-reactive ketones (excluding diaryl/α,β-unsaturated/α-hetero) is 2. The van der Waals surface area contributed by atoms with Crippen LogP contribution in [0.1, 0.15) is 58.3 Å². The van der Waals surface area contributed by atoms with Gasteiger partial charge < -0.3 is 14.7 Å². The van der Waals surface area contributed by atoms with E-state index in [0.29, 0.717) is 12.8 Å². The average molecular weight is 250 g/mol. The van der Waals surface area contributed by atoms with E-state index in [2.05, 4.69) is 0 Å². The van der Waals surface area contributed by atoms with Gasteiger partial charge in [0.1, 0.15) is 11.8 Å². The van der Waals surface area contributed by atoms with Crippen LogP contribution in [0.5, 0.6) is 0 Å². The summed E-state index contributed by atoms with van der Waals surface area (Å²) in [6.07, 6.45) is 6.16. The van der Waals surface area contributed by atoms with Crippen molar-refractivity contribution < 1.29 is 49.0 Å². The molecule has 4 nitrogen and oxygen atoms in total. The molecule has 0 aliphatic rings. The van der Waals surface area contributed by atoms with Crippen LogP contribution in [-0.4, -0.2) is 17.5 Å². The van der Waals surface area contributed by atoms with Gasteiger partial charge in [0.25, 0.3) is 0 Å². The fourth-order valence-electron chi connectivity index (χ4n) is 1.47. The Kier molecular flexibility index (Phi) is 13.8. The molecule has 0 aromatic rings. The Balaban J connectivity index is 0. The molecule has 0 fully saturated rings. The van der Waals surface area contributed by atoms with Crippen LogP contribution < -0.4 is 34.7 Å². The van der Waals surface area contributed by atoms with Gasteiger partial charge in [-0.25, -0.2) is 0 Å². The van der Waals surface area contributed by atoms with Crippen LogP contribution in [0.15, 0.2) is 0 Å². The Hall–Kier alpha value is -0.190. The van der Waals surface area contributed by atoms with Crippen molar-refractivity contribution in [1.29, 1.82) is 0 Å². The van der Waals surface area contributed by atoms with Crippen molar-refractivity contribution in [1.82, 2.24) is 0 Å². The van der Waals surface area contributed by atoms with Gasteiger partial charge in [-0.15, -0.1) is 0 Å². The van der Waals surface area contributed by atoms with E-state index in [4.69, 9.17) is 0 Å². The number of hydrogen-bond acceptors (Lipinski definition) is 4. The summed E-state index contributed by atoms with van der Waals surface area (Å²) < 4.78 is 0. The standard InChI is InChI=1S/C12H20O4.Na/c1-10(13)8-6-4-2-3-5-7-9-11(14)12(15)16;/h2-9H2,1H3,(H,15,16);/q;+1/p-1. The quantitative estimate of drug-likeness (QED) is 0.256. The first-order chi connectivity index (χ1) is 7.54. The molecule has 17 heavy (non-hydrogen) atoms. The summed E-state index contributed by atoms with van der Waals surface area (Å²) in [6.45, 7) is 1.59. The summed E-state index contributed by atoms with van der Waals surface area (Å²) >= 11 is 0. The van der Waals surface area contributed by atoms with Gasteiger partial charge in [-0.05, 0) is 19.8 Å². The zero-order valence-electron chi connectivity index (χ0n) is 10.8. The van der Waals surface area contributed by atoms with E-state index in [1.165, 1.54) is 0 Å². The van der Waals surface area contributed by atoms with E-state index >= 15 is 0 Å². The molecule has 0 radical (unpaired) electrons. The smallest absolute Gasteiger partial charge is 0.542 e. The number of carbonyl (C=O) groups is 3. The van der Waals surface area contributed by atoms with Gasteiger partial charge >= 0.3 is 29.6 Å². The average Bonchev–Trinajstić information content (AvgIpc) is 2.21. The predicted molar refractivity (Wildman–Crippen MR) is 57.6 cm³/mol. The van der Waals surface area contributed by atoms with E-state index in [0.717, 1.165) is 32.1 Å². The molecule has 0 bridgehead atoms. The molecule has 0 N–H and O–H groups in total. The summed E-state index contributed by atoms with van der Waals surface area (Å²) in [5.41, 5.74) is 0. The third-order valence-electron chi connectivity index (χ3n) is 2.41. The van der Waals surface area contributed by atoms with Crippen molar-refractivity contribution in [3.63, 3.8) is 0 Å². The van der Waals surface area contributed by atoms with Gasteiger partial charge in [0, 0.05) is 12.8 Å². The van der Waals surface area contributed by atoms with Gasteiger partial charge in [-0.2, -0.15) is 0 Å². The SMILES string of the molecule is CC(=O)CCCCCCCCC(=O)C(=O)[O-].[Na+]. The largest absolute Gasteiger partial charge is 1.00 e. The van der Waals surface area contributed by atoms with E-state index in [-0.39, 0.29) is 41.8 Å². The van der Waals surface area contributed by atoms with E-state index in [9.17, 15) is 19.5 Å². The van der Waals surface area contributed by atoms with Gasteiger partial charge in [0.15, 0.2) is 5.78 Å². The fourth-order valence-corrected chi connectivity index (χ4v) is 1.47. The van der Waals surface area contributed by atoms with Gasteiger partial charge in [0.05, 0.1) is 0 Å². The third-order valence-corrected chi connectivity index (χ3v) is 2.41. The number of carbonyl (C=O) groups excluding carboxylic acids is 3. The molecule has 0 spiro atoms. The minimum Gasteiger partial charge on any atom is -0.542 e. The second-order valence-electron chi connectivity index (χ2n) is 4.03. The first kappa shape index (κ1) is 19.2. The van der Waals surface area contributed by atoms with Crippen molar-refractivity contribution in [2.24, 2.45) is 0 Å². The molecule has 0 saturated heterocycles. The van der Waals surface area contributed by atoms with Crippen LogP contribution in [0.25, 0.3) is 0 Å². The predicted octanol–water partition coefficient (Wildman–Crippen LogP) is -1.98. The summed E-state index contributed by atoms with van der Waals surface area (Å²) in [5.74, 6) is -2.17. The van der Waals surface area contributed by atoms with Crippen LogP contribution in [0.2, 0.25) is 0 Å². The number of ketones is 2. The minimum absolute atomic E-state index is 0. The molecule has 0 aliphatic carbocycles. The molecule has 0 aromatic carbocycles. The zero-order chi connectivity index (χ0) is 12.4. The molecule has 0 heterocycles. The van der Waals surface area contributed by atoms with E-state index < -0.39 is 11.8 Å². The molecule has 0 rings (SSSR count). The normalized spacial score (nSPS) is 9.47. The molecule has 0 atom stereocenters. The van der Waals surface area contributed by atoms with Crippen LogP contribution >= 0.6 is 0 Å². The molecule has 0 aliphatic heterocycles. The Morgan fingerprint density at radius 3 is 1.65 bits per heavy atom. The monoisotopic (exact) mass is 250 g/mol. The van der Waals surface area contributed by atoms with Crippen LogP contribution in [0, 0.1) is 0 Å². The van der Waals surface area contributed by atoms with Crippen molar-refractivity contribution in [3.05, 3.63) is 0 Å². The molecule has 5 heteroatoms. The van der Waals surface area contributed by atoms with E-state index in [1.807, 2.05) is 0 Å². The first-order valence-electron chi connectivity index (χ1n) is 5.77. The van der Waals surface area contributed by atoms with Crippen LogP contribution in [0.4, 0.5) is 0 Å². The number of aliphatic carboxylic acids is 1. The summed E-state index contributed by atoms with van der Waals surface area (Å²) in [7, 11) is 0. The number of hydrogen-bond donors (Lipinski definition) is 0. The van der Waals surface area contributed by atoms with E-state index in [1.54, 1.807) is 6.92 Å². The Morgan fingerprint density at radius 1 is 0.824 bits per heavy atom. The minimum atomic E-state index is -1.58. The molecular weight excluding hydrogens is 231 g/mol. The maximum absolute atomic E-state index is 10.7. The maximum Gasteiger partial charge on any atom is 1.00 e. The van der Waals surface area contributed by atoms with Crippen molar-refractivity contribution in [3.8, 4) is 0 Å². The van der Waals surface area contributed by atoms with Crippen molar-refractivity contribution in [2.75, 3.05) is 0 Å².